The SMILES string of the molecule is CCCOC(=O)C(Br)(CC)CS. The molecule has 0 spiro atoms. The van der Waals surface area contributed by atoms with Gasteiger partial charge in [0.25, 0.3) is 0 Å². The first-order chi connectivity index (χ1) is 5.60. The highest BCUT2D eigenvalue weighted by molar-refractivity contribution is 9.10. The van der Waals surface area contributed by atoms with Gasteiger partial charge in [-0.25, -0.2) is 0 Å². The van der Waals surface area contributed by atoms with E-state index in [9.17, 15) is 4.79 Å². The summed E-state index contributed by atoms with van der Waals surface area (Å²) < 4.78 is 4.41. The second-order valence-electron chi connectivity index (χ2n) is 2.61. The summed E-state index contributed by atoms with van der Waals surface area (Å²) in [6.45, 7) is 4.38. The molecule has 0 aliphatic rings. The Labute approximate surface area is 87.6 Å². The summed E-state index contributed by atoms with van der Waals surface area (Å²) in [7, 11) is 0. The molecular formula is C8H15BrO2S. The third-order valence-corrected chi connectivity index (χ3v) is 3.75. The van der Waals surface area contributed by atoms with Gasteiger partial charge in [0, 0.05) is 5.75 Å². The molecule has 0 aromatic rings. The van der Waals surface area contributed by atoms with Gasteiger partial charge in [0.1, 0.15) is 4.32 Å². The normalized spacial score (nSPS) is 15.3. The minimum Gasteiger partial charge on any atom is -0.465 e. The molecule has 0 fully saturated rings. The lowest BCUT2D eigenvalue weighted by Crippen LogP contribution is -2.35. The number of ether oxygens (including phenoxy) is 1. The minimum absolute atomic E-state index is 0.207. The van der Waals surface area contributed by atoms with E-state index in [1.54, 1.807) is 0 Å². The molecule has 0 N–H and O–H groups in total. The maximum atomic E-state index is 11.4. The minimum atomic E-state index is -0.592. The zero-order chi connectivity index (χ0) is 9.61. The van der Waals surface area contributed by atoms with Gasteiger partial charge in [-0.2, -0.15) is 12.6 Å². The van der Waals surface area contributed by atoms with Gasteiger partial charge < -0.3 is 4.74 Å². The predicted molar refractivity (Wildman–Crippen MR) is 57.1 cm³/mol. The molecular weight excluding hydrogens is 240 g/mol. The smallest absolute Gasteiger partial charge is 0.323 e. The maximum Gasteiger partial charge on any atom is 0.323 e. The lowest BCUT2D eigenvalue weighted by Gasteiger charge is -2.21. The van der Waals surface area contributed by atoms with Crippen molar-refractivity contribution in [2.24, 2.45) is 0 Å². The molecule has 0 aromatic carbocycles. The van der Waals surface area contributed by atoms with Crippen LogP contribution in [0, 0.1) is 0 Å². The van der Waals surface area contributed by atoms with Crippen molar-refractivity contribution in [1.82, 2.24) is 0 Å². The fourth-order valence-electron chi connectivity index (χ4n) is 0.645. The Bertz CT molecular complexity index is 146. The Hall–Kier alpha value is 0.300. The molecule has 0 aliphatic heterocycles. The van der Waals surface area contributed by atoms with E-state index < -0.39 is 4.32 Å². The van der Waals surface area contributed by atoms with Crippen molar-refractivity contribution >= 4 is 34.5 Å². The molecule has 4 heteroatoms. The topological polar surface area (TPSA) is 26.3 Å². The monoisotopic (exact) mass is 254 g/mol. The highest BCUT2D eigenvalue weighted by Gasteiger charge is 2.33. The van der Waals surface area contributed by atoms with Crippen molar-refractivity contribution < 1.29 is 9.53 Å². The second-order valence-corrected chi connectivity index (χ2v) is 4.45. The second kappa shape index (κ2) is 5.86. The molecule has 12 heavy (non-hydrogen) atoms. The molecule has 1 atom stereocenters. The fourth-order valence-corrected chi connectivity index (χ4v) is 1.11. The summed E-state index contributed by atoms with van der Waals surface area (Å²) in [6, 6.07) is 0. The van der Waals surface area contributed by atoms with E-state index in [0.717, 1.165) is 6.42 Å². The molecule has 0 rings (SSSR count). The number of carbonyl (C=O) groups excluding carboxylic acids is 1. The number of rotatable bonds is 5. The van der Waals surface area contributed by atoms with Gasteiger partial charge in [-0.1, -0.05) is 29.8 Å². The van der Waals surface area contributed by atoms with E-state index in [4.69, 9.17) is 4.74 Å². The van der Waals surface area contributed by atoms with Gasteiger partial charge in [0.05, 0.1) is 6.61 Å². The Balaban J connectivity index is 4.03. The fraction of sp³-hybridized carbons (Fsp3) is 0.875. The first-order valence-corrected chi connectivity index (χ1v) is 5.50. The molecule has 2 nitrogen and oxygen atoms in total. The Morgan fingerprint density at radius 2 is 2.17 bits per heavy atom. The molecule has 0 aromatic heterocycles. The number of thiol groups is 1. The number of hydrogen-bond acceptors (Lipinski definition) is 3. The van der Waals surface area contributed by atoms with Gasteiger partial charge in [0.2, 0.25) is 0 Å². The van der Waals surface area contributed by atoms with Crippen LogP contribution in [0.2, 0.25) is 0 Å². The van der Waals surface area contributed by atoms with Crippen LogP contribution in [0.5, 0.6) is 0 Å². The van der Waals surface area contributed by atoms with Crippen molar-refractivity contribution in [1.29, 1.82) is 0 Å². The van der Waals surface area contributed by atoms with E-state index in [0.29, 0.717) is 18.8 Å². The van der Waals surface area contributed by atoms with Crippen molar-refractivity contribution in [3.63, 3.8) is 0 Å². The van der Waals surface area contributed by atoms with Crippen LogP contribution in [0.3, 0.4) is 0 Å². The zero-order valence-corrected chi connectivity index (χ0v) is 9.95. The van der Waals surface area contributed by atoms with E-state index >= 15 is 0 Å². The Morgan fingerprint density at radius 1 is 1.58 bits per heavy atom. The van der Waals surface area contributed by atoms with Crippen LogP contribution >= 0.6 is 28.6 Å². The van der Waals surface area contributed by atoms with Crippen molar-refractivity contribution in [2.45, 2.75) is 31.0 Å². The van der Waals surface area contributed by atoms with E-state index in [1.807, 2.05) is 13.8 Å². The summed E-state index contributed by atoms with van der Waals surface area (Å²) in [4.78, 5) is 11.4. The molecule has 0 radical (unpaired) electrons. The summed E-state index contributed by atoms with van der Waals surface area (Å²) in [5.74, 6) is 0.258. The Morgan fingerprint density at radius 3 is 2.50 bits per heavy atom. The standard InChI is InChI=1S/C8H15BrO2S/c1-3-5-11-7(10)8(9,4-2)6-12/h12H,3-6H2,1-2H3. The van der Waals surface area contributed by atoms with Gasteiger partial charge in [-0.05, 0) is 12.8 Å². The summed E-state index contributed by atoms with van der Waals surface area (Å²) in [5.41, 5.74) is 0. The molecule has 0 amide bonds. The maximum absolute atomic E-state index is 11.4. The molecule has 0 saturated heterocycles. The Kier molecular flexibility index (Phi) is 6.01. The van der Waals surface area contributed by atoms with E-state index in [1.165, 1.54) is 0 Å². The van der Waals surface area contributed by atoms with Crippen molar-refractivity contribution in [2.75, 3.05) is 12.4 Å². The van der Waals surface area contributed by atoms with Crippen LogP contribution < -0.4 is 0 Å². The van der Waals surface area contributed by atoms with Crippen LogP contribution in [0.4, 0.5) is 0 Å². The summed E-state index contributed by atoms with van der Waals surface area (Å²) in [5, 5.41) is 0. The quantitative estimate of drug-likeness (QED) is 0.464. The number of halogens is 1. The van der Waals surface area contributed by atoms with Gasteiger partial charge in [0.15, 0.2) is 0 Å². The molecule has 0 bridgehead atoms. The third-order valence-electron chi connectivity index (χ3n) is 1.61. The van der Waals surface area contributed by atoms with Gasteiger partial charge in [-0.3, -0.25) is 4.79 Å². The first kappa shape index (κ1) is 12.3. The van der Waals surface area contributed by atoms with Crippen molar-refractivity contribution in [3.05, 3.63) is 0 Å². The van der Waals surface area contributed by atoms with Crippen LogP contribution in [-0.4, -0.2) is 22.7 Å². The number of esters is 1. The van der Waals surface area contributed by atoms with Crippen LogP contribution in [0.25, 0.3) is 0 Å². The van der Waals surface area contributed by atoms with E-state index in [-0.39, 0.29) is 5.97 Å². The largest absolute Gasteiger partial charge is 0.465 e. The highest BCUT2D eigenvalue weighted by atomic mass is 79.9. The molecule has 0 heterocycles. The average molecular weight is 255 g/mol. The number of hydrogen-bond donors (Lipinski definition) is 1. The zero-order valence-electron chi connectivity index (χ0n) is 7.47. The molecule has 72 valence electrons. The lowest BCUT2D eigenvalue weighted by atomic mass is 10.1. The molecule has 1 unspecified atom stereocenters. The van der Waals surface area contributed by atoms with Crippen LogP contribution in [0.1, 0.15) is 26.7 Å². The van der Waals surface area contributed by atoms with Gasteiger partial charge in [-0.15, -0.1) is 0 Å². The summed E-state index contributed by atoms with van der Waals surface area (Å²) >= 11 is 7.42. The van der Waals surface area contributed by atoms with Gasteiger partial charge >= 0.3 is 5.97 Å². The lowest BCUT2D eigenvalue weighted by molar-refractivity contribution is -0.145. The van der Waals surface area contributed by atoms with Crippen LogP contribution in [-0.2, 0) is 9.53 Å². The summed E-state index contributed by atoms with van der Waals surface area (Å²) in [6.07, 6.45) is 1.55. The van der Waals surface area contributed by atoms with E-state index in [2.05, 4.69) is 28.6 Å². The predicted octanol–water partition coefficient (Wildman–Crippen LogP) is 2.41. The van der Waals surface area contributed by atoms with Crippen LogP contribution in [0.15, 0.2) is 0 Å². The van der Waals surface area contributed by atoms with Crippen molar-refractivity contribution in [3.8, 4) is 0 Å². The molecule has 0 saturated carbocycles. The highest BCUT2D eigenvalue weighted by Crippen LogP contribution is 2.25. The number of alkyl halides is 1. The first-order valence-electron chi connectivity index (χ1n) is 4.07. The molecule has 0 aliphatic carbocycles. The average Bonchev–Trinajstić information content (AvgIpc) is 2.12. The number of carbonyl (C=O) groups is 1. The third kappa shape index (κ3) is 3.35.